The fourth-order valence-corrected chi connectivity index (χ4v) is 11.8. The fraction of sp³-hybridized carbons (Fsp3) is 0.871. The maximum atomic E-state index is 14.4. The third-order valence-corrected chi connectivity index (χ3v) is 17.1. The van der Waals surface area contributed by atoms with Gasteiger partial charge in [0.15, 0.2) is 5.78 Å². The lowest BCUT2D eigenvalue weighted by Crippen LogP contribution is -2.71. The summed E-state index contributed by atoms with van der Waals surface area (Å²) >= 11 is 2.82. The van der Waals surface area contributed by atoms with Crippen LogP contribution in [-0.4, -0.2) is 15.1 Å². The molecule has 0 spiro atoms. The van der Waals surface area contributed by atoms with E-state index in [0.717, 1.165) is 38.5 Å². The summed E-state index contributed by atoms with van der Waals surface area (Å²) in [6.45, 7) is 19.3. The number of nitrogens with two attached hydrogens (primary N) is 1. The molecule has 0 aromatic heterocycles. The van der Waals surface area contributed by atoms with Crippen LogP contribution in [0.3, 0.4) is 0 Å². The van der Waals surface area contributed by atoms with E-state index in [2.05, 4.69) is 84.1 Å². The van der Waals surface area contributed by atoms with Crippen LogP contribution in [0.5, 0.6) is 0 Å². The Balaban J connectivity index is 1.65. The van der Waals surface area contributed by atoms with Gasteiger partial charge in [-0.15, -0.1) is 0 Å². The minimum atomic E-state index is -0.469. The molecule has 0 bridgehead atoms. The molecule has 5 aliphatic rings. The number of hydrogen-bond acceptors (Lipinski definition) is 2. The van der Waals surface area contributed by atoms with Crippen LogP contribution in [0.1, 0.15) is 113 Å². The van der Waals surface area contributed by atoms with Crippen molar-refractivity contribution in [3.63, 3.8) is 0 Å². The van der Waals surface area contributed by atoms with Gasteiger partial charge in [-0.3, -0.25) is 9.59 Å². The first kappa shape index (κ1) is 26.2. The van der Waals surface area contributed by atoms with Gasteiger partial charge in [0.05, 0.1) is 0 Å². The summed E-state index contributed by atoms with van der Waals surface area (Å²) in [5, 5.41) is 0. The highest BCUT2D eigenvalue weighted by molar-refractivity contribution is 14.1. The average Bonchev–Trinajstić information content (AvgIpc) is 2.76. The van der Waals surface area contributed by atoms with Crippen LogP contribution in [0.15, 0.2) is 11.6 Å². The Morgan fingerprint density at radius 2 is 1.54 bits per heavy atom. The quantitative estimate of drug-likeness (QED) is 0.251. The summed E-state index contributed by atoms with van der Waals surface area (Å²) in [6.07, 6.45) is 11.8. The molecule has 3 nitrogen and oxygen atoms in total. The minimum absolute atomic E-state index is 0.000163. The Bertz CT molecular complexity index is 1020. The van der Waals surface area contributed by atoms with Gasteiger partial charge in [-0.25, -0.2) is 0 Å². The highest BCUT2D eigenvalue weighted by atomic mass is 127. The SMILES string of the molecule is C[C@H]1CC[C@]2(C)[C@H]3C(=O)C=C4[C@@H]5C[C@@](C)(C(N)=O)CC[C@]5(C)CC[C@@]4(C)[C@]3(C)CC[C@@]2(I)C1(C)C. The Morgan fingerprint density at radius 3 is 2.17 bits per heavy atom. The summed E-state index contributed by atoms with van der Waals surface area (Å²) in [5.74, 6) is 1.22. The number of ketones is 1. The Kier molecular flexibility index (Phi) is 5.53. The molecule has 4 heteroatoms. The molecule has 0 saturated heterocycles. The number of alkyl halides is 1. The lowest BCUT2D eigenvalue weighted by molar-refractivity contribution is -0.178. The van der Waals surface area contributed by atoms with Crippen LogP contribution in [0.2, 0.25) is 0 Å². The van der Waals surface area contributed by atoms with E-state index in [9.17, 15) is 9.59 Å². The Morgan fingerprint density at radius 1 is 0.914 bits per heavy atom. The summed E-state index contributed by atoms with van der Waals surface area (Å²) in [7, 11) is 0. The van der Waals surface area contributed by atoms with Gasteiger partial charge in [-0.2, -0.15) is 0 Å². The van der Waals surface area contributed by atoms with Gasteiger partial charge < -0.3 is 5.73 Å². The highest BCUT2D eigenvalue weighted by Crippen LogP contribution is 2.78. The fourth-order valence-electron chi connectivity index (χ4n) is 10.4. The summed E-state index contributed by atoms with van der Waals surface area (Å²) in [4.78, 5) is 26.9. The first-order valence-corrected chi connectivity index (χ1v) is 15.2. The first-order chi connectivity index (χ1) is 15.9. The van der Waals surface area contributed by atoms with Gasteiger partial charge in [0.2, 0.25) is 5.91 Å². The number of hydrogen-bond donors (Lipinski definition) is 1. The van der Waals surface area contributed by atoms with E-state index in [0.29, 0.717) is 11.7 Å². The zero-order valence-electron chi connectivity index (χ0n) is 23.4. The van der Waals surface area contributed by atoms with Crippen LogP contribution in [0.25, 0.3) is 0 Å². The molecule has 196 valence electrons. The van der Waals surface area contributed by atoms with Crippen molar-refractivity contribution >= 4 is 34.3 Å². The lowest BCUT2D eigenvalue weighted by Gasteiger charge is -2.73. The number of allylic oxidation sites excluding steroid dienone is 2. The van der Waals surface area contributed by atoms with E-state index in [4.69, 9.17) is 5.73 Å². The van der Waals surface area contributed by atoms with E-state index in [-0.39, 0.29) is 48.2 Å². The van der Waals surface area contributed by atoms with Crippen molar-refractivity contribution in [1.29, 1.82) is 0 Å². The van der Waals surface area contributed by atoms with E-state index < -0.39 is 5.41 Å². The Hall–Kier alpha value is -0.390. The number of rotatable bonds is 1. The monoisotopic (exact) mass is 593 g/mol. The number of carbonyl (C=O) groups excluding carboxylic acids is 2. The minimum Gasteiger partial charge on any atom is -0.369 e. The van der Waals surface area contributed by atoms with Crippen molar-refractivity contribution in [1.82, 2.24) is 0 Å². The van der Waals surface area contributed by atoms with Gasteiger partial charge in [-0.1, -0.05) is 83.6 Å². The molecule has 1 amide bonds. The number of amides is 1. The normalized spacial score (nSPS) is 55.1. The molecule has 0 aromatic carbocycles. The van der Waals surface area contributed by atoms with E-state index >= 15 is 0 Å². The molecule has 2 N–H and O–H groups in total. The van der Waals surface area contributed by atoms with Crippen LogP contribution in [0, 0.1) is 50.2 Å². The molecule has 4 fully saturated rings. The second-order valence-corrected chi connectivity index (χ2v) is 17.2. The smallest absolute Gasteiger partial charge is 0.223 e. The second kappa shape index (κ2) is 7.38. The Labute approximate surface area is 227 Å². The molecule has 9 atom stereocenters. The number of halogens is 1. The molecule has 4 saturated carbocycles. The summed E-state index contributed by atoms with van der Waals surface area (Å²) in [5.41, 5.74) is 7.16. The van der Waals surface area contributed by atoms with Crippen molar-refractivity contribution < 1.29 is 9.59 Å². The summed E-state index contributed by atoms with van der Waals surface area (Å²) in [6, 6.07) is 0. The molecule has 35 heavy (non-hydrogen) atoms. The van der Waals surface area contributed by atoms with E-state index in [1.54, 1.807) is 0 Å². The van der Waals surface area contributed by atoms with Gasteiger partial charge >= 0.3 is 0 Å². The first-order valence-electron chi connectivity index (χ1n) is 14.2. The van der Waals surface area contributed by atoms with Crippen molar-refractivity contribution in [3.05, 3.63) is 11.6 Å². The average molecular weight is 594 g/mol. The summed E-state index contributed by atoms with van der Waals surface area (Å²) < 4.78 is 0.121. The molecule has 0 aromatic rings. The van der Waals surface area contributed by atoms with Gasteiger partial charge in [0.1, 0.15) is 0 Å². The molecule has 0 heterocycles. The lowest BCUT2D eigenvalue weighted by atomic mass is 9.33. The van der Waals surface area contributed by atoms with Crippen molar-refractivity contribution in [2.24, 2.45) is 56.0 Å². The number of fused-ring (bicyclic) bond motifs is 7. The zero-order valence-corrected chi connectivity index (χ0v) is 25.6. The molecule has 0 radical (unpaired) electrons. The third kappa shape index (κ3) is 2.95. The maximum Gasteiger partial charge on any atom is 0.223 e. The van der Waals surface area contributed by atoms with Crippen molar-refractivity contribution in [2.45, 2.75) is 117 Å². The van der Waals surface area contributed by atoms with Gasteiger partial charge in [-0.05, 0) is 103 Å². The molecule has 5 aliphatic carbocycles. The molecule has 0 unspecified atom stereocenters. The standard InChI is InChI=1S/C31H48INO2/c1-19-9-10-30(8)23-22(34)17-20-21-18-27(5,24(33)35)12-11-26(21,4)13-14-28(20,6)29(23,7)15-16-31(30,32)25(19,2)3/h17,19,21,23H,9-16,18H2,1-8H3,(H2,33,35)/t19-,21-,23-,26+,27-,28+,29+,30+,31+/m0/s1. The van der Waals surface area contributed by atoms with E-state index in [1.165, 1.54) is 24.8 Å². The van der Waals surface area contributed by atoms with Gasteiger partial charge in [0, 0.05) is 14.8 Å². The van der Waals surface area contributed by atoms with Crippen molar-refractivity contribution in [3.8, 4) is 0 Å². The number of primary amides is 1. The third-order valence-electron chi connectivity index (χ3n) is 13.9. The number of carbonyl (C=O) groups is 2. The van der Waals surface area contributed by atoms with Crippen LogP contribution < -0.4 is 5.73 Å². The zero-order chi connectivity index (χ0) is 26.0. The molecular weight excluding hydrogens is 545 g/mol. The van der Waals surface area contributed by atoms with E-state index in [1.807, 2.05) is 0 Å². The predicted molar refractivity (Wildman–Crippen MR) is 151 cm³/mol. The second-order valence-electron chi connectivity index (χ2n) is 15.4. The molecule has 5 rings (SSSR count). The van der Waals surface area contributed by atoms with Crippen LogP contribution >= 0.6 is 22.6 Å². The van der Waals surface area contributed by atoms with Gasteiger partial charge in [0.25, 0.3) is 0 Å². The maximum absolute atomic E-state index is 14.4. The highest BCUT2D eigenvalue weighted by Gasteiger charge is 2.73. The van der Waals surface area contributed by atoms with Crippen molar-refractivity contribution in [2.75, 3.05) is 0 Å². The largest absolute Gasteiger partial charge is 0.369 e. The van der Waals surface area contributed by atoms with Crippen LogP contribution in [0.4, 0.5) is 0 Å². The van der Waals surface area contributed by atoms with Crippen LogP contribution in [-0.2, 0) is 9.59 Å². The topological polar surface area (TPSA) is 60.2 Å². The molecular formula is C31H48INO2. The predicted octanol–water partition coefficient (Wildman–Crippen LogP) is 7.65. The molecule has 0 aliphatic heterocycles.